The number of nitrogens with one attached hydrogen (secondary N) is 1. The van der Waals surface area contributed by atoms with Crippen molar-refractivity contribution in [1.29, 1.82) is 0 Å². The van der Waals surface area contributed by atoms with E-state index in [0.29, 0.717) is 0 Å². The van der Waals surface area contributed by atoms with Crippen LogP contribution in [0.1, 0.15) is 45.7 Å². The fourth-order valence-electron chi connectivity index (χ4n) is 6.94. The lowest BCUT2D eigenvalue weighted by atomic mass is 9.92. The Balaban J connectivity index is 0.00000197. The molecule has 0 saturated carbocycles. The van der Waals surface area contributed by atoms with Gasteiger partial charge in [0, 0.05) is 28.9 Å². The maximum Gasteiger partial charge on any atom is 0.0619 e. The van der Waals surface area contributed by atoms with Crippen LogP contribution < -0.4 is 5.32 Å². The quantitative estimate of drug-likeness (QED) is 0.175. The van der Waals surface area contributed by atoms with Crippen molar-refractivity contribution >= 4 is 43.7 Å². The van der Waals surface area contributed by atoms with Gasteiger partial charge in [0.25, 0.3) is 0 Å². The van der Waals surface area contributed by atoms with E-state index >= 15 is 0 Å². The average molecular weight is 625 g/mol. The molecular weight excluding hydrogens is 581 g/mol. The third-order valence-electron chi connectivity index (χ3n) is 9.05. The maximum absolute atomic E-state index is 4.13. The van der Waals surface area contributed by atoms with Gasteiger partial charge in [-0.1, -0.05) is 135 Å². The molecule has 0 amide bonds. The standard InChI is InChI=1S/C44H38N2.C2H6/c1-6-35(29(2)3)40-19-13-12-18-38(40)33-21-24-41-42-25-22-32-26-31(37-17-11-10-16-36(37)30(4)28-45-5)20-23-39(32)44(42)46(43(41)27-33)34-14-8-7-9-15-34;1-2/h6-28,45H,1H2,2-5H3;1-2H3/b30-28+;. The van der Waals surface area contributed by atoms with Crippen LogP contribution in [0.2, 0.25) is 0 Å². The van der Waals surface area contributed by atoms with E-state index in [-0.39, 0.29) is 0 Å². The molecule has 0 atom stereocenters. The van der Waals surface area contributed by atoms with Crippen LogP contribution in [0.25, 0.3) is 71.7 Å². The lowest BCUT2D eigenvalue weighted by Crippen LogP contribution is -1.96. The van der Waals surface area contributed by atoms with Crippen LogP contribution in [0.15, 0.2) is 152 Å². The summed E-state index contributed by atoms with van der Waals surface area (Å²) in [6.07, 6.45) is 4.04. The second-order valence-corrected chi connectivity index (χ2v) is 12.1. The van der Waals surface area contributed by atoms with Crippen LogP contribution in [-0.4, -0.2) is 11.6 Å². The minimum atomic E-state index is 1.15. The summed E-state index contributed by atoms with van der Waals surface area (Å²) < 4.78 is 2.45. The van der Waals surface area contributed by atoms with E-state index < -0.39 is 0 Å². The molecule has 2 heteroatoms. The van der Waals surface area contributed by atoms with Gasteiger partial charge in [0.15, 0.2) is 0 Å². The highest BCUT2D eigenvalue weighted by molar-refractivity contribution is 6.19. The second kappa shape index (κ2) is 14.0. The Morgan fingerprint density at radius 3 is 1.88 bits per heavy atom. The number of hydrogen-bond acceptors (Lipinski definition) is 1. The van der Waals surface area contributed by atoms with Crippen molar-refractivity contribution in [3.05, 3.63) is 163 Å². The number of fused-ring (bicyclic) bond motifs is 5. The second-order valence-electron chi connectivity index (χ2n) is 12.1. The zero-order valence-corrected chi connectivity index (χ0v) is 28.9. The number of benzene rings is 6. The number of aromatic nitrogens is 1. The normalized spacial score (nSPS) is 11.3. The van der Waals surface area contributed by atoms with Gasteiger partial charge in [0.05, 0.1) is 11.0 Å². The smallest absolute Gasteiger partial charge is 0.0619 e. The first kappa shape index (κ1) is 32.3. The van der Waals surface area contributed by atoms with Crippen LogP contribution in [0, 0.1) is 0 Å². The summed E-state index contributed by atoms with van der Waals surface area (Å²) in [5.74, 6) is 0. The van der Waals surface area contributed by atoms with Gasteiger partial charge in [-0.3, -0.25) is 0 Å². The van der Waals surface area contributed by atoms with Crippen LogP contribution in [0.3, 0.4) is 0 Å². The van der Waals surface area contributed by atoms with Crippen molar-refractivity contribution in [2.24, 2.45) is 0 Å². The molecule has 0 bridgehead atoms. The van der Waals surface area contributed by atoms with Gasteiger partial charge >= 0.3 is 0 Å². The molecule has 2 nitrogen and oxygen atoms in total. The predicted octanol–water partition coefficient (Wildman–Crippen LogP) is 12.9. The highest BCUT2D eigenvalue weighted by Crippen LogP contribution is 2.41. The summed E-state index contributed by atoms with van der Waals surface area (Å²) in [4.78, 5) is 0. The number of hydrogen-bond donors (Lipinski definition) is 1. The van der Waals surface area contributed by atoms with Crippen molar-refractivity contribution in [2.75, 3.05) is 7.05 Å². The zero-order chi connectivity index (χ0) is 33.8. The highest BCUT2D eigenvalue weighted by Gasteiger charge is 2.18. The Hall–Kier alpha value is -5.60. The van der Waals surface area contributed by atoms with Crippen molar-refractivity contribution in [2.45, 2.75) is 34.6 Å². The van der Waals surface area contributed by atoms with Gasteiger partial charge in [-0.25, -0.2) is 0 Å². The topological polar surface area (TPSA) is 17.0 Å². The Morgan fingerprint density at radius 2 is 1.21 bits per heavy atom. The van der Waals surface area contributed by atoms with E-state index in [1.54, 1.807) is 0 Å². The SMILES string of the molecule is C=CC(=C(C)C)c1ccccc1-c1ccc2c3ccc4cc(-c5ccccc5/C(C)=C/NC)ccc4c3n(-c3ccccc3)c2c1.CC. The molecule has 1 aromatic heterocycles. The largest absolute Gasteiger partial charge is 0.394 e. The first-order valence-electron chi connectivity index (χ1n) is 16.9. The van der Waals surface area contributed by atoms with E-state index in [4.69, 9.17) is 0 Å². The van der Waals surface area contributed by atoms with E-state index in [1.807, 2.05) is 27.0 Å². The fourth-order valence-corrected chi connectivity index (χ4v) is 6.94. The van der Waals surface area contributed by atoms with E-state index in [1.165, 1.54) is 82.7 Å². The minimum Gasteiger partial charge on any atom is -0.394 e. The van der Waals surface area contributed by atoms with Crippen molar-refractivity contribution in [3.63, 3.8) is 0 Å². The average Bonchev–Trinajstić information content (AvgIpc) is 3.47. The molecule has 0 spiro atoms. The number of allylic oxidation sites excluding steroid dienone is 4. The first-order chi connectivity index (χ1) is 23.5. The summed E-state index contributed by atoms with van der Waals surface area (Å²) in [5, 5.41) is 8.15. The minimum absolute atomic E-state index is 1.15. The number of rotatable bonds is 7. The summed E-state index contributed by atoms with van der Waals surface area (Å²) in [6, 6.07) is 46.5. The molecule has 0 aliphatic heterocycles. The number of nitrogens with zero attached hydrogens (tertiary/aromatic N) is 1. The van der Waals surface area contributed by atoms with Gasteiger partial charge in [-0.2, -0.15) is 0 Å². The molecule has 0 aliphatic carbocycles. The molecule has 238 valence electrons. The molecule has 0 fully saturated rings. The van der Waals surface area contributed by atoms with Gasteiger partial charge in [0.1, 0.15) is 0 Å². The van der Waals surface area contributed by atoms with E-state index in [0.717, 1.165) is 5.69 Å². The monoisotopic (exact) mass is 624 g/mol. The molecule has 7 rings (SSSR count). The van der Waals surface area contributed by atoms with Gasteiger partial charge < -0.3 is 9.88 Å². The molecule has 1 heterocycles. The summed E-state index contributed by atoms with van der Waals surface area (Å²) >= 11 is 0. The van der Waals surface area contributed by atoms with E-state index in [9.17, 15) is 0 Å². The molecule has 0 aliphatic rings. The lowest BCUT2D eigenvalue weighted by molar-refractivity contribution is 1.10. The number of para-hydroxylation sites is 1. The Bertz CT molecular complexity index is 2330. The maximum atomic E-state index is 4.13. The Morgan fingerprint density at radius 1 is 0.625 bits per heavy atom. The lowest BCUT2D eigenvalue weighted by Gasteiger charge is -2.14. The van der Waals surface area contributed by atoms with Crippen molar-refractivity contribution < 1.29 is 0 Å². The van der Waals surface area contributed by atoms with Crippen LogP contribution in [0.4, 0.5) is 0 Å². The summed E-state index contributed by atoms with van der Waals surface area (Å²) in [7, 11) is 1.95. The van der Waals surface area contributed by atoms with Gasteiger partial charge in [-0.15, -0.1) is 0 Å². The molecule has 6 aromatic carbocycles. The fraction of sp³-hybridized carbons (Fsp3) is 0.130. The Labute approximate surface area is 285 Å². The third kappa shape index (κ3) is 5.75. The molecule has 0 unspecified atom stereocenters. The predicted molar refractivity (Wildman–Crippen MR) is 212 cm³/mol. The van der Waals surface area contributed by atoms with Crippen LogP contribution in [-0.2, 0) is 0 Å². The molecule has 48 heavy (non-hydrogen) atoms. The molecule has 1 N–H and O–H groups in total. The zero-order valence-electron chi connectivity index (χ0n) is 28.9. The summed E-state index contributed by atoms with van der Waals surface area (Å²) in [6.45, 7) is 14.6. The first-order valence-corrected chi connectivity index (χ1v) is 16.9. The van der Waals surface area contributed by atoms with E-state index in [2.05, 4.69) is 171 Å². The van der Waals surface area contributed by atoms with Crippen molar-refractivity contribution in [3.8, 4) is 27.9 Å². The van der Waals surface area contributed by atoms with Gasteiger partial charge in [-0.05, 0) is 101 Å². The van der Waals surface area contributed by atoms with Crippen LogP contribution >= 0.6 is 0 Å². The molecule has 0 saturated heterocycles. The molecule has 0 radical (unpaired) electrons. The Kier molecular flexibility index (Phi) is 9.45. The molecular formula is C46H44N2. The molecule has 7 aromatic rings. The third-order valence-corrected chi connectivity index (χ3v) is 9.05. The van der Waals surface area contributed by atoms with Crippen LogP contribution in [0.5, 0.6) is 0 Å². The van der Waals surface area contributed by atoms with Crippen molar-refractivity contribution in [1.82, 2.24) is 9.88 Å². The highest BCUT2D eigenvalue weighted by atomic mass is 15.0. The summed E-state index contributed by atoms with van der Waals surface area (Å²) in [5.41, 5.74) is 14.5. The van der Waals surface area contributed by atoms with Gasteiger partial charge in [0.2, 0.25) is 0 Å².